The zero-order chi connectivity index (χ0) is 14.0. The van der Waals surface area contributed by atoms with Gasteiger partial charge < -0.3 is 10.7 Å². The molecule has 104 valence electrons. The highest BCUT2D eigenvalue weighted by Gasteiger charge is 2.31. The van der Waals surface area contributed by atoms with Crippen molar-refractivity contribution in [1.82, 2.24) is 10.3 Å². The van der Waals surface area contributed by atoms with E-state index in [0.717, 1.165) is 19.3 Å². The lowest BCUT2D eigenvalue weighted by Crippen LogP contribution is -2.33. The molecule has 1 unspecified atom stereocenters. The first kappa shape index (κ1) is 14.1. The van der Waals surface area contributed by atoms with Gasteiger partial charge in [0.2, 0.25) is 0 Å². The summed E-state index contributed by atoms with van der Waals surface area (Å²) in [5, 5.41) is 3.28. The number of anilines is 1. The predicted octanol–water partition coefficient (Wildman–Crippen LogP) is 2.33. The van der Waals surface area contributed by atoms with Gasteiger partial charge in [-0.2, -0.15) is 0 Å². The number of nitrogens with zero attached hydrogens (tertiary/aromatic N) is 1. The van der Waals surface area contributed by atoms with Crippen LogP contribution in [0, 0.1) is 5.41 Å². The first-order valence-electron chi connectivity index (χ1n) is 6.35. The van der Waals surface area contributed by atoms with Gasteiger partial charge in [-0.1, -0.05) is 25.4 Å². The molecular formula is C13H19ClN4O. The summed E-state index contributed by atoms with van der Waals surface area (Å²) in [7, 11) is 0. The van der Waals surface area contributed by atoms with E-state index >= 15 is 0 Å². The first-order chi connectivity index (χ1) is 8.89. The molecule has 1 fully saturated rings. The van der Waals surface area contributed by atoms with Gasteiger partial charge in [-0.05, 0) is 36.8 Å². The number of hydrogen-bond acceptors (Lipinski definition) is 4. The van der Waals surface area contributed by atoms with Gasteiger partial charge in [-0.15, -0.1) is 0 Å². The van der Waals surface area contributed by atoms with Gasteiger partial charge in [-0.3, -0.25) is 4.79 Å². The molecule has 0 bridgehead atoms. The fraction of sp³-hybridized carbons (Fsp3) is 0.538. The van der Waals surface area contributed by atoms with Crippen LogP contribution in [0.25, 0.3) is 0 Å². The molecule has 1 atom stereocenters. The summed E-state index contributed by atoms with van der Waals surface area (Å²) in [6.45, 7) is 4.44. The monoisotopic (exact) mass is 282 g/mol. The lowest BCUT2D eigenvalue weighted by Gasteiger charge is -2.18. The van der Waals surface area contributed by atoms with Crippen molar-refractivity contribution in [3.05, 3.63) is 22.8 Å². The van der Waals surface area contributed by atoms with E-state index in [2.05, 4.69) is 29.6 Å². The van der Waals surface area contributed by atoms with Crippen LogP contribution < -0.4 is 16.6 Å². The number of aromatic nitrogens is 1. The van der Waals surface area contributed by atoms with Crippen molar-refractivity contribution in [3.8, 4) is 0 Å². The van der Waals surface area contributed by atoms with Crippen LogP contribution in [0.1, 0.15) is 43.5 Å². The van der Waals surface area contributed by atoms with Crippen molar-refractivity contribution in [2.45, 2.75) is 39.2 Å². The molecule has 0 saturated heterocycles. The van der Waals surface area contributed by atoms with E-state index in [0.29, 0.717) is 16.8 Å². The average molecular weight is 283 g/mol. The number of carbonyl (C=O) groups is 1. The van der Waals surface area contributed by atoms with E-state index in [1.54, 1.807) is 6.07 Å². The second-order valence-corrected chi connectivity index (χ2v) is 6.17. The Bertz CT molecular complexity index is 490. The van der Waals surface area contributed by atoms with Gasteiger partial charge in [0.05, 0.1) is 0 Å². The highest BCUT2D eigenvalue weighted by molar-refractivity contribution is 6.29. The zero-order valence-electron chi connectivity index (χ0n) is 11.2. The molecule has 0 spiro atoms. The molecule has 1 heterocycles. The number of hydrazine groups is 1. The number of nitrogens with two attached hydrogens (primary N) is 1. The third kappa shape index (κ3) is 3.58. The third-order valence-corrected chi connectivity index (χ3v) is 3.70. The van der Waals surface area contributed by atoms with Gasteiger partial charge in [0, 0.05) is 11.6 Å². The number of amides is 1. The van der Waals surface area contributed by atoms with Crippen LogP contribution in [0.4, 0.5) is 5.82 Å². The first-order valence-corrected chi connectivity index (χ1v) is 6.72. The van der Waals surface area contributed by atoms with E-state index in [1.807, 2.05) is 0 Å². The van der Waals surface area contributed by atoms with Gasteiger partial charge >= 0.3 is 0 Å². The number of hydrogen-bond donors (Lipinski definition) is 3. The molecule has 0 aliphatic heterocycles. The Balaban J connectivity index is 2.06. The minimum absolute atomic E-state index is 0.136. The molecule has 1 aromatic heterocycles. The summed E-state index contributed by atoms with van der Waals surface area (Å²) in [4.78, 5) is 16.1. The average Bonchev–Trinajstić information content (AvgIpc) is 2.67. The Labute approximate surface area is 117 Å². The Morgan fingerprint density at radius 1 is 1.53 bits per heavy atom. The number of nitrogen functional groups attached to an aromatic ring is 1. The fourth-order valence-corrected chi connectivity index (χ4v) is 2.74. The number of pyridine rings is 1. The smallest absolute Gasteiger partial charge is 0.251 e. The molecule has 6 heteroatoms. The quantitative estimate of drug-likeness (QED) is 0.452. The molecule has 19 heavy (non-hydrogen) atoms. The molecule has 1 saturated carbocycles. The number of carbonyl (C=O) groups excluding carboxylic acids is 1. The highest BCUT2D eigenvalue weighted by Crippen LogP contribution is 2.37. The van der Waals surface area contributed by atoms with E-state index < -0.39 is 0 Å². The summed E-state index contributed by atoms with van der Waals surface area (Å²) in [6.07, 6.45) is 3.14. The molecule has 1 aliphatic rings. The van der Waals surface area contributed by atoms with Crippen molar-refractivity contribution in [2.75, 3.05) is 5.43 Å². The van der Waals surface area contributed by atoms with Crippen LogP contribution in [-0.4, -0.2) is 16.9 Å². The Kier molecular flexibility index (Phi) is 3.96. The normalized spacial score (nSPS) is 21.2. The van der Waals surface area contributed by atoms with Crippen LogP contribution in [0.3, 0.4) is 0 Å². The Hall–Kier alpha value is -1.33. The highest BCUT2D eigenvalue weighted by atomic mass is 35.5. The van der Waals surface area contributed by atoms with E-state index in [9.17, 15) is 4.79 Å². The molecule has 1 aromatic rings. The molecular weight excluding hydrogens is 264 g/mol. The van der Waals surface area contributed by atoms with Crippen molar-refractivity contribution >= 4 is 23.3 Å². The van der Waals surface area contributed by atoms with E-state index in [1.165, 1.54) is 6.07 Å². The van der Waals surface area contributed by atoms with Crippen molar-refractivity contribution in [1.29, 1.82) is 0 Å². The molecule has 1 aliphatic carbocycles. The summed E-state index contributed by atoms with van der Waals surface area (Å²) in [5.41, 5.74) is 3.17. The molecule has 5 nitrogen and oxygen atoms in total. The van der Waals surface area contributed by atoms with Gasteiger partial charge in [0.15, 0.2) is 0 Å². The van der Waals surface area contributed by atoms with Gasteiger partial charge in [0.1, 0.15) is 11.0 Å². The van der Waals surface area contributed by atoms with Gasteiger partial charge in [0.25, 0.3) is 5.91 Å². The predicted molar refractivity (Wildman–Crippen MR) is 75.9 cm³/mol. The number of halogens is 1. The van der Waals surface area contributed by atoms with Crippen molar-refractivity contribution < 1.29 is 4.79 Å². The van der Waals surface area contributed by atoms with E-state index in [-0.39, 0.29) is 17.1 Å². The maximum atomic E-state index is 12.2. The third-order valence-electron chi connectivity index (χ3n) is 3.51. The molecule has 2 rings (SSSR count). The summed E-state index contributed by atoms with van der Waals surface area (Å²) >= 11 is 5.85. The summed E-state index contributed by atoms with van der Waals surface area (Å²) in [6, 6.07) is 3.35. The molecule has 4 N–H and O–H groups in total. The summed E-state index contributed by atoms with van der Waals surface area (Å²) in [5.74, 6) is 5.53. The van der Waals surface area contributed by atoms with Crippen molar-refractivity contribution in [2.24, 2.45) is 11.3 Å². The lowest BCUT2D eigenvalue weighted by atomic mass is 9.92. The second-order valence-electron chi connectivity index (χ2n) is 5.79. The van der Waals surface area contributed by atoms with Crippen LogP contribution in [-0.2, 0) is 0 Å². The molecule has 0 radical (unpaired) electrons. The van der Waals surface area contributed by atoms with Crippen molar-refractivity contribution in [3.63, 3.8) is 0 Å². The lowest BCUT2D eigenvalue weighted by molar-refractivity contribution is 0.0936. The van der Waals surface area contributed by atoms with Crippen LogP contribution in [0.5, 0.6) is 0 Å². The number of nitrogens with one attached hydrogen (secondary N) is 2. The SMILES string of the molecule is CC1(C)CCC(NC(=O)c2cc(Cl)nc(NN)c2)C1. The number of rotatable bonds is 3. The Morgan fingerprint density at radius 2 is 2.26 bits per heavy atom. The molecule has 0 aromatic carbocycles. The largest absolute Gasteiger partial charge is 0.349 e. The maximum absolute atomic E-state index is 12.2. The maximum Gasteiger partial charge on any atom is 0.251 e. The minimum atomic E-state index is -0.136. The molecule has 1 amide bonds. The zero-order valence-corrected chi connectivity index (χ0v) is 11.9. The minimum Gasteiger partial charge on any atom is -0.349 e. The van der Waals surface area contributed by atoms with Crippen LogP contribution in [0.2, 0.25) is 5.15 Å². The standard InChI is InChI=1S/C13H19ClN4O/c1-13(2)4-3-9(7-13)16-12(19)8-5-10(14)17-11(6-8)18-15/h5-6,9H,3-4,7,15H2,1-2H3,(H,16,19)(H,17,18). The Morgan fingerprint density at radius 3 is 2.84 bits per heavy atom. The fourth-order valence-electron chi connectivity index (χ4n) is 2.53. The van der Waals surface area contributed by atoms with Gasteiger partial charge in [-0.25, -0.2) is 10.8 Å². The van der Waals surface area contributed by atoms with Crippen LogP contribution in [0.15, 0.2) is 12.1 Å². The van der Waals surface area contributed by atoms with Crippen LogP contribution >= 0.6 is 11.6 Å². The van der Waals surface area contributed by atoms with E-state index in [4.69, 9.17) is 17.4 Å². The summed E-state index contributed by atoms with van der Waals surface area (Å²) < 4.78 is 0. The second kappa shape index (κ2) is 5.35. The topological polar surface area (TPSA) is 80.0 Å².